The summed E-state index contributed by atoms with van der Waals surface area (Å²) in [6, 6.07) is 10.3. The third-order valence-corrected chi connectivity index (χ3v) is 7.75. The van der Waals surface area contributed by atoms with E-state index >= 15 is 0 Å². The molecule has 1 saturated heterocycles. The van der Waals surface area contributed by atoms with Crippen molar-refractivity contribution in [2.75, 3.05) is 46.3 Å². The number of fused-ring (bicyclic) bond motifs is 3. The van der Waals surface area contributed by atoms with Crippen LogP contribution in [0.5, 0.6) is 0 Å². The number of carbonyl (C=O) groups is 2. The zero-order valence-corrected chi connectivity index (χ0v) is 19.3. The normalized spacial score (nSPS) is 25.4. The van der Waals surface area contributed by atoms with Crippen LogP contribution in [0.25, 0.3) is 10.9 Å². The molecule has 1 unspecified atom stereocenters. The van der Waals surface area contributed by atoms with Crippen molar-refractivity contribution in [3.8, 4) is 0 Å². The van der Waals surface area contributed by atoms with Crippen molar-refractivity contribution < 1.29 is 9.59 Å². The van der Waals surface area contributed by atoms with Gasteiger partial charge >= 0.3 is 0 Å². The molecule has 1 aromatic heterocycles. The van der Waals surface area contributed by atoms with E-state index in [1.165, 1.54) is 12.8 Å². The lowest BCUT2D eigenvalue weighted by Gasteiger charge is -2.45. The van der Waals surface area contributed by atoms with Crippen LogP contribution in [-0.4, -0.2) is 89.0 Å². The van der Waals surface area contributed by atoms with Gasteiger partial charge in [0.15, 0.2) is 0 Å². The van der Waals surface area contributed by atoms with Gasteiger partial charge in [0.25, 0.3) is 5.91 Å². The minimum Gasteiger partial charge on any atom is -0.351 e. The van der Waals surface area contributed by atoms with Crippen molar-refractivity contribution in [1.29, 1.82) is 0 Å². The molecule has 1 aromatic carbocycles. The summed E-state index contributed by atoms with van der Waals surface area (Å²) in [5, 5.41) is 4.34. The van der Waals surface area contributed by atoms with E-state index in [4.69, 9.17) is 0 Å². The molecule has 172 valence electrons. The standard InChI is InChI=1S/C25H35N5O2/c1-25(24(32)26-20-8-4-5-9-20)18-29-21-10-6-3-7-19(21)17-22(29)23(31)30(25)16-15-28-13-11-27(2)12-14-28/h3,6-7,10,17,20H,4-5,8-9,11-16,18H2,1-2H3,(H,26,32). The molecule has 3 aliphatic rings. The Bertz CT molecular complexity index is 1000. The first-order valence-corrected chi connectivity index (χ1v) is 12.1. The maximum atomic E-state index is 13.8. The number of amides is 2. The highest BCUT2D eigenvalue weighted by molar-refractivity contribution is 6.03. The molecular weight excluding hydrogens is 402 g/mol. The number of rotatable bonds is 5. The van der Waals surface area contributed by atoms with Gasteiger partial charge in [-0.2, -0.15) is 0 Å². The van der Waals surface area contributed by atoms with Crippen LogP contribution in [0.3, 0.4) is 0 Å². The number of aromatic nitrogens is 1. The van der Waals surface area contributed by atoms with Gasteiger partial charge in [0.05, 0.1) is 6.54 Å². The van der Waals surface area contributed by atoms with Crippen molar-refractivity contribution in [3.05, 3.63) is 36.0 Å². The zero-order chi connectivity index (χ0) is 22.3. The molecule has 1 atom stereocenters. The average Bonchev–Trinajstić information content (AvgIpc) is 3.43. The number of hydrogen-bond donors (Lipinski definition) is 1. The first kappa shape index (κ1) is 21.5. The lowest BCUT2D eigenvalue weighted by Crippen LogP contribution is -2.65. The van der Waals surface area contributed by atoms with Gasteiger partial charge in [-0.25, -0.2) is 0 Å². The second kappa shape index (κ2) is 8.52. The second-order valence-electron chi connectivity index (χ2n) is 10.0. The highest BCUT2D eigenvalue weighted by atomic mass is 16.2. The van der Waals surface area contributed by atoms with Crippen LogP contribution in [0.2, 0.25) is 0 Å². The Labute approximate surface area is 190 Å². The first-order valence-electron chi connectivity index (χ1n) is 12.1. The van der Waals surface area contributed by atoms with Crippen molar-refractivity contribution in [2.45, 2.75) is 50.7 Å². The zero-order valence-electron chi connectivity index (χ0n) is 19.3. The Morgan fingerprint density at radius 1 is 1.09 bits per heavy atom. The maximum Gasteiger partial charge on any atom is 0.271 e. The van der Waals surface area contributed by atoms with Crippen LogP contribution in [-0.2, 0) is 11.3 Å². The Hall–Kier alpha value is -2.38. The number of nitrogens with zero attached hydrogens (tertiary/aromatic N) is 4. The molecule has 7 nitrogen and oxygen atoms in total. The van der Waals surface area contributed by atoms with Crippen LogP contribution >= 0.6 is 0 Å². The van der Waals surface area contributed by atoms with Gasteiger partial charge in [0.1, 0.15) is 11.2 Å². The highest BCUT2D eigenvalue weighted by Gasteiger charge is 2.48. The summed E-state index contributed by atoms with van der Waals surface area (Å²) in [4.78, 5) is 34.0. The number of carbonyl (C=O) groups excluding carboxylic acids is 2. The fraction of sp³-hybridized carbons (Fsp3) is 0.600. The Kier molecular flexibility index (Phi) is 5.72. The Morgan fingerprint density at radius 2 is 1.81 bits per heavy atom. The van der Waals surface area contributed by atoms with Crippen molar-refractivity contribution in [2.24, 2.45) is 0 Å². The lowest BCUT2D eigenvalue weighted by molar-refractivity contribution is -0.133. The smallest absolute Gasteiger partial charge is 0.271 e. The van der Waals surface area contributed by atoms with Crippen molar-refractivity contribution in [3.63, 3.8) is 0 Å². The second-order valence-corrected chi connectivity index (χ2v) is 10.0. The molecule has 2 aromatic rings. The molecule has 7 heteroatoms. The van der Waals surface area contributed by atoms with Gasteiger partial charge in [-0.1, -0.05) is 31.0 Å². The van der Waals surface area contributed by atoms with E-state index in [9.17, 15) is 9.59 Å². The third-order valence-electron chi connectivity index (χ3n) is 7.75. The first-order chi connectivity index (χ1) is 15.5. The van der Waals surface area contributed by atoms with E-state index < -0.39 is 5.54 Å². The summed E-state index contributed by atoms with van der Waals surface area (Å²) in [5.74, 6) is -0.0507. The molecule has 2 aliphatic heterocycles. The SMILES string of the molecule is CN1CCN(CCN2C(=O)c3cc4ccccc4n3CC2(C)C(=O)NC2CCCC2)CC1. The molecule has 0 spiro atoms. The Balaban J connectivity index is 1.44. The summed E-state index contributed by atoms with van der Waals surface area (Å²) < 4.78 is 2.05. The molecular formula is C25H35N5O2. The van der Waals surface area contributed by atoms with Gasteiger partial charge in [-0.3, -0.25) is 14.5 Å². The molecule has 0 radical (unpaired) electrons. The predicted molar refractivity (Wildman–Crippen MR) is 126 cm³/mol. The molecule has 2 amide bonds. The molecule has 32 heavy (non-hydrogen) atoms. The summed E-state index contributed by atoms with van der Waals surface area (Å²) in [6.07, 6.45) is 4.41. The van der Waals surface area contributed by atoms with Crippen molar-refractivity contribution >= 4 is 22.7 Å². The van der Waals surface area contributed by atoms with Crippen molar-refractivity contribution in [1.82, 2.24) is 24.6 Å². The molecule has 1 aliphatic carbocycles. The van der Waals surface area contributed by atoms with E-state index in [-0.39, 0.29) is 17.9 Å². The Morgan fingerprint density at radius 3 is 2.56 bits per heavy atom. The van der Waals surface area contributed by atoms with E-state index in [1.54, 1.807) is 0 Å². The van der Waals surface area contributed by atoms with Crippen LogP contribution in [0, 0.1) is 0 Å². The van der Waals surface area contributed by atoms with Crippen LogP contribution < -0.4 is 5.32 Å². The largest absolute Gasteiger partial charge is 0.351 e. The van der Waals surface area contributed by atoms with Gasteiger partial charge in [0.2, 0.25) is 5.91 Å². The highest BCUT2D eigenvalue weighted by Crippen LogP contribution is 2.33. The third kappa shape index (κ3) is 3.82. The quantitative estimate of drug-likeness (QED) is 0.779. The topological polar surface area (TPSA) is 60.8 Å². The summed E-state index contributed by atoms with van der Waals surface area (Å²) in [7, 11) is 2.15. The number of likely N-dealkylation sites (N-methyl/N-ethyl adjacent to an activating group) is 1. The van der Waals surface area contributed by atoms with Gasteiger partial charge in [0, 0.05) is 56.2 Å². The molecule has 1 N–H and O–H groups in total. The van der Waals surface area contributed by atoms with Crippen LogP contribution in [0.15, 0.2) is 30.3 Å². The molecule has 2 fully saturated rings. The van der Waals surface area contributed by atoms with E-state index in [0.717, 1.165) is 56.5 Å². The van der Waals surface area contributed by atoms with Gasteiger partial charge in [-0.15, -0.1) is 0 Å². The molecule has 5 rings (SSSR count). The summed E-state index contributed by atoms with van der Waals surface area (Å²) in [5.41, 5.74) is 0.811. The minimum absolute atomic E-state index is 0.0143. The van der Waals surface area contributed by atoms with E-state index in [1.807, 2.05) is 42.2 Å². The van der Waals surface area contributed by atoms with Crippen LogP contribution in [0.1, 0.15) is 43.1 Å². The van der Waals surface area contributed by atoms with Gasteiger partial charge < -0.3 is 19.7 Å². The summed E-state index contributed by atoms with van der Waals surface area (Å²) in [6.45, 7) is 7.90. The van der Waals surface area contributed by atoms with E-state index in [0.29, 0.717) is 18.8 Å². The number of nitrogens with one attached hydrogen (secondary N) is 1. The number of benzene rings is 1. The average molecular weight is 438 g/mol. The van der Waals surface area contributed by atoms with Gasteiger partial charge in [-0.05, 0) is 38.9 Å². The fourth-order valence-corrected chi connectivity index (χ4v) is 5.58. The number of hydrogen-bond acceptors (Lipinski definition) is 4. The molecule has 0 bridgehead atoms. The maximum absolute atomic E-state index is 13.8. The summed E-state index contributed by atoms with van der Waals surface area (Å²) >= 11 is 0. The number of piperazine rings is 1. The van der Waals surface area contributed by atoms with Crippen LogP contribution in [0.4, 0.5) is 0 Å². The number of para-hydroxylation sites is 1. The molecule has 1 saturated carbocycles. The minimum atomic E-state index is -0.902. The predicted octanol–water partition coefficient (Wildman–Crippen LogP) is 2.16. The monoisotopic (exact) mass is 437 g/mol. The fourth-order valence-electron chi connectivity index (χ4n) is 5.58. The van der Waals surface area contributed by atoms with E-state index in [2.05, 4.69) is 26.7 Å². The molecule has 3 heterocycles. The lowest BCUT2D eigenvalue weighted by atomic mass is 9.94.